The number of anilines is 1. The molecule has 3 rings (SSSR count). The van der Waals surface area contributed by atoms with Gasteiger partial charge in [0, 0.05) is 38.9 Å². The van der Waals surface area contributed by atoms with E-state index in [9.17, 15) is 18.0 Å². The van der Waals surface area contributed by atoms with E-state index in [-0.39, 0.29) is 11.9 Å². The van der Waals surface area contributed by atoms with Gasteiger partial charge in [0.1, 0.15) is 5.82 Å². The highest BCUT2D eigenvalue weighted by atomic mass is 19.4. The van der Waals surface area contributed by atoms with Crippen LogP contribution >= 0.6 is 0 Å². The number of halogens is 3. The number of aromatic nitrogens is 1. The molecule has 1 aliphatic rings. The molecule has 1 aliphatic heterocycles. The van der Waals surface area contributed by atoms with Crippen molar-refractivity contribution >= 4 is 11.7 Å². The maximum absolute atomic E-state index is 12.7. The first-order valence-corrected chi connectivity index (χ1v) is 9.72. The first-order chi connectivity index (χ1) is 13.9. The number of carbonyl (C=O) groups is 1. The van der Waals surface area contributed by atoms with Crippen molar-refractivity contribution in [1.29, 1.82) is 0 Å². The molecule has 1 aromatic carbocycles. The molecule has 29 heavy (non-hydrogen) atoms. The Morgan fingerprint density at radius 2 is 1.79 bits per heavy atom. The fourth-order valence-corrected chi connectivity index (χ4v) is 3.52. The molecule has 1 N–H and O–H groups in total. The van der Waals surface area contributed by atoms with Gasteiger partial charge in [0.25, 0.3) is 0 Å². The maximum atomic E-state index is 12.7. The van der Waals surface area contributed by atoms with E-state index in [1.54, 1.807) is 0 Å². The molecule has 0 spiro atoms. The van der Waals surface area contributed by atoms with Gasteiger partial charge < -0.3 is 10.2 Å². The first kappa shape index (κ1) is 21.1. The van der Waals surface area contributed by atoms with E-state index in [1.807, 2.05) is 42.2 Å². The van der Waals surface area contributed by atoms with Crippen LogP contribution in [0.3, 0.4) is 0 Å². The summed E-state index contributed by atoms with van der Waals surface area (Å²) in [7, 11) is 0. The minimum absolute atomic E-state index is 0.00235. The van der Waals surface area contributed by atoms with Crippen LogP contribution in [0.2, 0.25) is 0 Å². The summed E-state index contributed by atoms with van der Waals surface area (Å²) in [5, 5.41) is 3.00. The summed E-state index contributed by atoms with van der Waals surface area (Å²) in [6.07, 6.45) is -2.82. The Morgan fingerprint density at radius 3 is 2.34 bits per heavy atom. The molecule has 1 fully saturated rings. The van der Waals surface area contributed by atoms with Gasteiger partial charge in [0.15, 0.2) is 0 Å². The second-order valence-corrected chi connectivity index (χ2v) is 7.05. The van der Waals surface area contributed by atoms with Gasteiger partial charge in [-0.1, -0.05) is 37.3 Å². The predicted octanol–water partition coefficient (Wildman–Crippen LogP) is 3.32. The van der Waals surface area contributed by atoms with Crippen molar-refractivity contribution in [2.24, 2.45) is 0 Å². The zero-order valence-corrected chi connectivity index (χ0v) is 16.3. The smallest absolute Gasteiger partial charge is 0.354 e. The third kappa shape index (κ3) is 5.47. The van der Waals surface area contributed by atoms with Gasteiger partial charge in [-0.15, -0.1) is 0 Å². The molecule has 156 valence electrons. The molecule has 1 aromatic heterocycles. The Kier molecular flexibility index (Phi) is 6.74. The van der Waals surface area contributed by atoms with Crippen molar-refractivity contribution in [3.8, 4) is 0 Å². The number of alkyl halides is 3. The van der Waals surface area contributed by atoms with Crippen LogP contribution in [0.15, 0.2) is 48.7 Å². The molecule has 8 heteroatoms. The monoisotopic (exact) mass is 406 g/mol. The van der Waals surface area contributed by atoms with Crippen molar-refractivity contribution in [2.45, 2.75) is 32.1 Å². The van der Waals surface area contributed by atoms with E-state index in [2.05, 4.69) is 15.2 Å². The first-order valence-electron chi connectivity index (χ1n) is 9.72. The van der Waals surface area contributed by atoms with Crippen molar-refractivity contribution in [3.05, 3.63) is 59.8 Å². The van der Waals surface area contributed by atoms with Gasteiger partial charge in [-0.25, -0.2) is 4.98 Å². The number of benzene rings is 1. The van der Waals surface area contributed by atoms with Crippen LogP contribution in [0.5, 0.6) is 0 Å². The number of nitrogens with one attached hydrogen (secondary N) is 1. The molecule has 5 nitrogen and oxygen atoms in total. The summed E-state index contributed by atoms with van der Waals surface area (Å²) in [5.41, 5.74) is 0.301. The summed E-state index contributed by atoms with van der Waals surface area (Å²) in [6.45, 7) is 5.00. The van der Waals surface area contributed by atoms with E-state index in [0.717, 1.165) is 17.8 Å². The largest absolute Gasteiger partial charge is 0.417 e. The topological polar surface area (TPSA) is 48.5 Å². The van der Waals surface area contributed by atoms with Crippen LogP contribution in [-0.4, -0.2) is 48.0 Å². The van der Waals surface area contributed by atoms with Gasteiger partial charge in [-0.2, -0.15) is 13.2 Å². The molecule has 2 aromatic rings. The lowest BCUT2D eigenvalue weighted by molar-refractivity contribution is -0.137. The Morgan fingerprint density at radius 1 is 1.10 bits per heavy atom. The van der Waals surface area contributed by atoms with Crippen molar-refractivity contribution < 1.29 is 18.0 Å². The number of piperazine rings is 1. The zero-order valence-electron chi connectivity index (χ0n) is 16.3. The number of pyridine rings is 1. The van der Waals surface area contributed by atoms with Crippen molar-refractivity contribution in [1.82, 2.24) is 15.2 Å². The Balaban J connectivity index is 1.53. The summed E-state index contributed by atoms with van der Waals surface area (Å²) in [6, 6.07) is 12.0. The van der Waals surface area contributed by atoms with Gasteiger partial charge in [-0.3, -0.25) is 9.69 Å². The molecule has 1 atom stereocenters. The molecular weight excluding hydrogens is 381 g/mol. The van der Waals surface area contributed by atoms with E-state index in [4.69, 9.17) is 0 Å². The molecule has 1 saturated heterocycles. The highest BCUT2D eigenvalue weighted by molar-refractivity contribution is 5.81. The molecule has 2 heterocycles. The van der Waals surface area contributed by atoms with E-state index < -0.39 is 11.7 Å². The number of hydrogen-bond acceptors (Lipinski definition) is 4. The molecule has 0 radical (unpaired) electrons. The fraction of sp³-hybridized carbons (Fsp3) is 0.429. The Hall–Kier alpha value is -2.61. The molecule has 0 bridgehead atoms. The second kappa shape index (κ2) is 9.26. The number of nitrogens with zero attached hydrogens (tertiary/aromatic N) is 3. The van der Waals surface area contributed by atoms with E-state index in [1.165, 1.54) is 6.07 Å². The average Bonchev–Trinajstić information content (AvgIpc) is 2.73. The summed E-state index contributed by atoms with van der Waals surface area (Å²) in [4.78, 5) is 20.7. The normalized spacial score (nSPS) is 16.5. The van der Waals surface area contributed by atoms with Crippen LogP contribution in [0, 0.1) is 0 Å². The van der Waals surface area contributed by atoms with E-state index in [0.29, 0.717) is 45.0 Å². The van der Waals surface area contributed by atoms with Crippen molar-refractivity contribution in [3.63, 3.8) is 0 Å². The van der Waals surface area contributed by atoms with Crippen molar-refractivity contribution in [2.75, 3.05) is 31.1 Å². The van der Waals surface area contributed by atoms with Gasteiger partial charge in [-0.05, 0) is 24.1 Å². The lowest BCUT2D eigenvalue weighted by Gasteiger charge is -2.38. The number of amides is 1. The Bertz CT molecular complexity index is 788. The number of hydrogen-bond donors (Lipinski definition) is 1. The lowest BCUT2D eigenvalue weighted by Crippen LogP contribution is -2.54. The highest BCUT2D eigenvalue weighted by Crippen LogP contribution is 2.29. The van der Waals surface area contributed by atoms with Crippen LogP contribution < -0.4 is 10.2 Å². The van der Waals surface area contributed by atoms with Gasteiger partial charge >= 0.3 is 6.18 Å². The van der Waals surface area contributed by atoms with Crippen LogP contribution in [0.25, 0.3) is 0 Å². The fourth-order valence-electron chi connectivity index (χ4n) is 3.52. The van der Waals surface area contributed by atoms with Crippen LogP contribution in [0.1, 0.15) is 24.5 Å². The summed E-state index contributed by atoms with van der Waals surface area (Å²) in [5.74, 6) is 0.525. The Labute approximate surface area is 168 Å². The van der Waals surface area contributed by atoms with E-state index >= 15 is 0 Å². The second-order valence-electron chi connectivity index (χ2n) is 7.05. The lowest BCUT2D eigenvalue weighted by atomic mass is 10.1. The minimum Gasteiger partial charge on any atom is -0.354 e. The average molecular weight is 406 g/mol. The molecule has 0 saturated carbocycles. The molecule has 0 unspecified atom stereocenters. The summed E-state index contributed by atoms with van der Waals surface area (Å²) < 4.78 is 38.1. The number of rotatable bonds is 6. The predicted molar refractivity (Wildman–Crippen MR) is 105 cm³/mol. The maximum Gasteiger partial charge on any atom is 0.417 e. The van der Waals surface area contributed by atoms with Gasteiger partial charge in [0.05, 0.1) is 11.6 Å². The molecule has 0 aliphatic carbocycles. The minimum atomic E-state index is -4.38. The quantitative estimate of drug-likeness (QED) is 0.800. The standard InChI is InChI=1S/C21H25F3N4O/c1-2-18(20(29)26-14-16-6-4-3-5-7-16)27-10-12-28(13-11-27)19-9-8-17(15-25-19)21(22,23)24/h3-9,15,18H,2,10-14H2,1H3,(H,26,29)/t18-/m1/s1. The summed E-state index contributed by atoms with van der Waals surface area (Å²) >= 11 is 0. The highest BCUT2D eigenvalue weighted by Gasteiger charge is 2.31. The SMILES string of the molecule is CC[C@H](C(=O)NCc1ccccc1)N1CCN(c2ccc(C(F)(F)F)cn2)CC1. The molecule has 1 amide bonds. The molecular formula is C21H25F3N4O. The zero-order chi connectivity index (χ0) is 20.9. The van der Waals surface area contributed by atoms with Gasteiger partial charge in [0.2, 0.25) is 5.91 Å². The van der Waals surface area contributed by atoms with Crippen LogP contribution in [0.4, 0.5) is 19.0 Å². The number of carbonyl (C=O) groups excluding carboxylic acids is 1. The third-order valence-electron chi connectivity index (χ3n) is 5.15. The van der Waals surface area contributed by atoms with Crippen LogP contribution in [-0.2, 0) is 17.5 Å². The third-order valence-corrected chi connectivity index (χ3v) is 5.15.